The van der Waals surface area contributed by atoms with E-state index in [1.165, 1.54) is 221 Å². The van der Waals surface area contributed by atoms with E-state index in [2.05, 4.69) is 162 Å². The first-order chi connectivity index (χ1) is 45.3. The molecule has 18 rings (SSSR count). The highest BCUT2D eigenvalue weighted by Gasteiger charge is 2.68. The number of epoxide rings is 6. The smallest absolute Gasteiger partial charge is 0.0876 e. The van der Waals surface area contributed by atoms with Crippen LogP contribution in [-0.2, 0) is 28.4 Å². The fourth-order valence-electron chi connectivity index (χ4n) is 24.4. The van der Waals surface area contributed by atoms with Crippen LogP contribution in [0.4, 0.5) is 0 Å². The maximum absolute atomic E-state index is 5.67. The summed E-state index contributed by atoms with van der Waals surface area (Å²) < 4.78 is 34.0. The van der Waals surface area contributed by atoms with Gasteiger partial charge in [-0.15, -0.1) is 0 Å². The molecule has 0 aromatic heterocycles. The van der Waals surface area contributed by atoms with Gasteiger partial charge in [-0.1, -0.05) is 187 Å². The summed E-state index contributed by atoms with van der Waals surface area (Å²) in [4.78, 5) is 0. The topological polar surface area (TPSA) is 75.2 Å². The highest BCUT2D eigenvalue weighted by Crippen LogP contribution is 2.69. The summed E-state index contributed by atoms with van der Waals surface area (Å²) in [5.74, 6) is 8.32. The first kappa shape index (κ1) is 71.1. The van der Waals surface area contributed by atoms with E-state index in [9.17, 15) is 0 Å². The quantitative estimate of drug-likeness (QED) is 0.195. The van der Waals surface area contributed by atoms with Crippen LogP contribution in [0.3, 0.4) is 0 Å². The Morgan fingerprint density at radius 2 is 0.365 bits per heavy atom. The molecule has 6 spiro atoms. The summed E-state index contributed by atoms with van der Waals surface area (Å²) in [6, 6.07) is 0. The molecule has 96 heavy (non-hydrogen) atoms. The third kappa shape index (κ3) is 12.4. The molecule has 6 saturated heterocycles. The SMILES string of the molecule is C=C(C)[C@@H]1CCC(=C)[C@]2(C1)C[C@@H]1O[C@@H]1[C@H]2C.C=C(C)[C@@H]1CCC(=C)[C@]2(C1)C[C@H]1O[C@H]1[C@H]2C.C=C(C)[C@H]1CCC(=C)[C@@]2(C1)C[C@@H]1O[C@@H]1[C@@H]2C.C=C(C)[C@H]1CCC(=C)[C@@]2(C1)C[C@@H]1O[C@@H]1[C@H]2C.C=C(C)[C@H]1CCC(=C)[C@@]2(C1)C[C@H]1O[C@H]1[C@@H]2C.C=C(C)[C@H]1CCC(=C)[C@@]2(C1)C[C@H]1O[C@H]1[C@H]2C. The molecule has 12 saturated carbocycles. The lowest BCUT2D eigenvalue weighted by Crippen LogP contribution is -2.36. The largest absolute Gasteiger partial charge is 0.369 e. The van der Waals surface area contributed by atoms with Gasteiger partial charge in [0.05, 0.1) is 73.2 Å². The van der Waals surface area contributed by atoms with Crippen molar-refractivity contribution in [2.75, 3.05) is 0 Å². The van der Waals surface area contributed by atoms with Crippen molar-refractivity contribution in [3.8, 4) is 0 Å². The molecule has 0 amide bonds. The Bertz CT molecular complexity index is 2680. The number of ether oxygens (including phenoxy) is 6. The number of rotatable bonds is 6. The fraction of sp³-hybridized carbons (Fsp3) is 0.733. The molecule has 6 aliphatic heterocycles. The molecule has 0 aromatic carbocycles. The van der Waals surface area contributed by atoms with Gasteiger partial charge in [0.25, 0.3) is 0 Å². The van der Waals surface area contributed by atoms with Gasteiger partial charge in [-0.05, 0) is 299 Å². The van der Waals surface area contributed by atoms with Crippen molar-refractivity contribution in [3.05, 3.63) is 146 Å². The van der Waals surface area contributed by atoms with Gasteiger partial charge < -0.3 is 28.4 Å². The van der Waals surface area contributed by atoms with Crippen LogP contribution < -0.4 is 0 Å². The van der Waals surface area contributed by atoms with Crippen LogP contribution in [0.15, 0.2) is 146 Å². The van der Waals surface area contributed by atoms with Crippen LogP contribution in [-0.4, -0.2) is 73.2 Å². The van der Waals surface area contributed by atoms with E-state index in [1.54, 1.807) is 0 Å². The molecule has 0 radical (unpaired) electrons. The molecule has 0 N–H and O–H groups in total. The number of hydrogen-bond acceptors (Lipinski definition) is 6. The van der Waals surface area contributed by atoms with Crippen molar-refractivity contribution in [2.45, 2.75) is 310 Å². The van der Waals surface area contributed by atoms with Gasteiger partial charge in [-0.3, -0.25) is 0 Å². The molecule has 30 atom stereocenters. The minimum Gasteiger partial charge on any atom is -0.369 e. The Labute approximate surface area is 585 Å². The Kier molecular flexibility index (Phi) is 19.1. The van der Waals surface area contributed by atoms with Gasteiger partial charge in [0.2, 0.25) is 0 Å². The summed E-state index contributed by atoms with van der Waals surface area (Å²) >= 11 is 0. The van der Waals surface area contributed by atoms with Crippen LogP contribution in [0.2, 0.25) is 0 Å². The van der Waals surface area contributed by atoms with Crippen molar-refractivity contribution in [1.82, 2.24) is 0 Å². The third-order valence-electron chi connectivity index (χ3n) is 32.1. The molecule has 6 heteroatoms. The average Bonchev–Trinajstić information content (AvgIpc) is 1.61. The molecule has 528 valence electrons. The molecular formula is C90H132O6. The molecule has 18 aliphatic rings. The Balaban J connectivity index is 0.000000104. The van der Waals surface area contributed by atoms with E-state index in [-0.39, 0.29) is 0 Å². The third-order valence-corrected chi connectivity index (χ3v) is 32.1. The number of hydrogen-bond donors (Lipinski definition) is 0. The average molecular weight is 1310 g/mol. The standard InChI is InChI=1S/6C15H22O/c6*1-9(2)12-6-5-10(3)15(7-12)8-13-14(16-13)11(15)4/h6*11-14H,1,3,5-8H2,2,4H3/t11-,12+,13+,14-,15-;11-,12+,13-,14+,15-;2*11-,12-,13+,14-,15+;2*11-,12-,13-,14+,15+/m111010/s1. The zero-order chi connectivity index (χ0) is 69.0. The second kappa shape index (κ2) is 25.9. The van der Waals surface area contributed by atoms with Crippen molar-refractivity contribution < 1.29 is 28.4 Å². The first-order valence-electron chi connectivity index (χ1n) is 39.2. The van der Waals surface area contributed by atoms with E-state index in [0.717, 1.165) is 0 Å². The second-order valence-electron chi connectivity index (χ2n) is 37.1. The predicted molar refractivity (Wildman–Crippen MR) is 397 cm³/mol. The fourth-order valence-corrected chi connectivity index (χ4v) is 24.4. The van der Waals surface area contributed by atoms with Gasteiger partial charge in [0, 0.05) is 0 Å². The lowest BCUT2D eigenvalue weighted by Gasteiger charge is -2.44. The van der Waals surface area contributed by atoms with Crippen LogP contribution >= 0.6 is 0 Å². The van der Waals surface area contributed by atoms with E-state index >= 15 is 0 Å². The van der Waals surface area contributed by atoms with Gasteiger partial charge in [0.1, 0.15) is 0 Å². The van der Waals surface area contributed by atoms with Crippen LogP contribution in [0.1, 0.15) is 237 Å². The van der Waals surface area contributed by atoms with Crippen LogP contribution in [0, 0.1) is 104 Å². The van der Waals surface area contributed by atoms with E-state index < -0.39 is 0 Å². The minimum absolute atomic E-state index is 0.384. The predicted octanol–water partition coefficient (Wildman–Crippen LogP) is 22.3. The molecule has 0 bridgehead atoms. The van der Waals surface area contributed by atoms with E-state index in [1.807, 2.05) is 0 Å². The normalized spacial score (nSPS) is 50.5. The van der Waals surface area contributed by atoms with Crippen LogP contribution in [0.25, 0.3) is 0 Å². The number of fused-ring (bicyclic) bond motifs is 6. The van der Waals surface area contributed by atoms with Crippen molar-refractivity contribution in [1.29, 1.82) is 0 Å². The van der Waals surface area contributed by atoms with Gasteiger partial charge in [-0.2, -0.15) is 0 Å². The van der Waals surface area contributed by atoms with Gasteiger partial charge in [-0.25, -0.2) is 0 Å². The van der Waals surface area contributed by atoms with Crippen molar-refractivity contribution >= 4 is 0 Å². The minimum atomic E-state index is 0.384. The molecule has 0 aromatic rings. The Hall–Kier alpha value is -3.36. The molecular weight excluding hydrogens is 1180 g/mol. The Morgan fingerprint density at radius 3 is 0.458 bits per heavy atom. The summed E-state index contributed by atoms with van der Waals surface area (Å²) in [6.07, 6.45) is 36.3. The van der Waals surface area contributed by atoms with E-state index in [0.29, 0.717) is 177 Å². The maximum Gasteiger partial charge on any atom is 0.0876 e. The van der Waals surface area contributed by atoms with Gasteiger partial charge in [0.15, 0.2) is 0 Å². The second-order valence-corrected chi connectivity index (χ2v) is 37.1. The monoisotopic (exact) mass is 1310 g/mol. The molecule has 0 unspecified atom stereocenters. The molecule has 12 aliphatic carbocycles. The van der Waals surface area contributed by atoms with E-state index in [4.69, 9.17) is 28.4 Å². The van der Waals surface area contributed by atoms with Gasteiger partial charge >= 0.3 is 0 Å². The molecule has 18 fully saturated rings. The highest BCUT2D eigenvalue weighted by atomic mass is 16.6. The summed E-state index contributed by atoms with van der Waals surface area (Å²) in [5.41, 5.74) is 19.4. The first-order valence-corrected chi connectivity index (χ1v) is 39.2. The molecule has 6 nitrogen and oxygen atoms in total. The summed E-state index contributed by atoms with van der Waals surface area (Å²) in [7, 11) is 0. The zero-order valence-electron chi connectivity index (χ0n) is 62.8. The summed E-state index contributed by atoms with van der Waals surface area (Å²) in [5, 5.41) is 0. The summed E-state index contributed by atoms with van der Waals surface area (Å²) in [6.45, 7) is 78.4. The Morgan fingerprint density at radius 1 is 0.240 bits per heavy atom. The lowest BCUT2D eigenvalue weighted by atomic mass is 9.61. The zero-order valence-corrected chi connectivity index (χ0v) is 62.8. The lowest BCUT2D eigenvalue weighted by molar-refractivity contribution is 0.0982. The molecule has 6 heterocycles. The number of allylic oxidation sites excluding steroid dienone is 12. The highest BCUT2D eigenvalue weighted by molar-refractivity contribution is 5.32. The van der Waals surface area contributed by atoms with Crippen LogP contribution in [0.5, 0.6) is 0 Å². The van der Waals surface area contributed by atoms with Crippen molar-refractivity contribution in [3.63, 3.8) is 0 Å². The van der Waals surface area contributed by atoms with Crippen molar-refractivity contribution in [2.24, 2.45) is 104 Å². The maximum atomic E-state index is 5.67.